The largest absolute Gasteiger partial charge is 0.437 e. The fourth-order valence-electron chi connectivity index (χ4n) is 2.42. The quantitative estimate of drug-likeness (QED) is 0.389. The van der Waals surface area contributed by atoms with Gasteiger partial charge in [0.2, 0.25) is 17.1 Å². The normalized spacial score (nSPS) is 11.4. The van der Waals surface area contributed by atoms with Crippen LogP contribution in [0.4, 0.5) is 5.95 Å². The van der Waals surface area contributed by atoms with E-state index in [1.54, 1.807) is 6.07 Å². The minimum Gasteiger partial charge on any atom is -0.437 e. The minimum absolute atomic E-state index is 0.0841. The summed E-state index contributed by atoms with van der Waals surface area (Å²) in [6.45, 7) is 0. The van der Waals surface area contributed by atoms with Gasteiger partial charge in [0.05, 0.1) is 5.39 Å². The first-order chi connectivity index (χ1) is 9.74. The molecule has 0 saturated carbocycles. The van der Waals surface area contributed by atoms with Crippen molar-refractivity contribution in [1.29, 1.82) is 0 Å². The van der Waals surface area contributed by atoms with Crippen LogP contribution >= 0.6 is 0 Å². The highest BCUT2D eigenvalue weighted by Crippen LogP contribution is 2.25. The van der Waals surface area contributed by atoms with Gasteiger partial charge in [-0.3, -0.25) is 4.79 Å². The lowest BCUT2D eigenvalue weighted by molar-refractivity contribution is 0.644. The molecule has 5 heteroatoms. The maximum absolute atomic E-state index is 12.6. The molecule has 2 heterocycles. The van der Waals surface area contributed by atoms with Crippen molar-refractivity contribution in [3.8, 4) is 0 Å². The SMILES string of the molecule is Nc1ncc2c(=O)c3c(ccc4ccccc43)oc2n1. The fourth-order valence-corrected chi connectivity index (χ4v) is 2.42. The molecule has 2 N–H and O–H groups in total. The molecule has 0 bridgehead atoms. The van der Waals surface area contributed by atoms with Crippen molar-refractivity contribution in [2.24, 2.45) is 0 Å². The zero-order valence-corrected chi connectivity index (χ0v) is 10.3. The summed E-state index contributed by atoms with van der Waals surface area (Å²) in [5, 5.41) is 2.73. The molecule has 5 nitrogen and oxygen atoms in total. The Kier molecular flexibility index (Phi) is 2.06. The predicted molar refractivity (Wildman–Crippen MR) is 77.5 cm³/mol. The Hall–Kier alpha value is -2.95. The predicted octanol–water partition coefficient (Wildman–Crippen LogP) is 2.47. The molecule has 0 unspecified atom stereocenters. The Morgan fingerprint density at radius 2 is 1.90 bits per heavy atom. The zero-order chi connectivity index (χ0) is 13.7. The lowest BCUT2D eigenvalue weighted by Gasteiger charge is -2.04. The molecule has 20 heavy (non-hydrogen) atoms. The molecule has 0 aliphatic rings. The van der Waals surface area contributed by atoms with Crippen LogP contribution in [0.3, 0.4) is 0 Å². The van der Waals surface area contributed by atoms with E-state index in [4.69, 9.17) is 10.2 Å². The summed E-state index contributed by atoms with van der Waals surface area (Å²) in [6, 6.07) is 11.4. The molecule has 0 saturated heterocycles. The van der Waals surface area contributed by atoms with E-state index in [0.29, 0.717) is 16.4 Å². The summed E-state index contributed by atoms with van der Waals surface area (Å²) in [6.07, 6.45) is 1.41. The monoisotopic (exact) mass is 263 g/mol. The second kappa shape index (κ2) is 3.77. The second-order valence-corrected chi connectivity index (χ2v) is 4.54. The third-order valence-electron chi connectivity index (χ3n) is 3.34. The summed E-state index contributed by atoms with van der Waals surface area (Å²) >= 11 is 0. The van der Waals surface area contributed by atoms with Gasteiger partial charge in [-0.05, 0) is 16.8 Å². The third kappa shape index (κ3) is 1.40. The van der Waals surface area contributed by atoms with Gasteiger partial charge in [-0.2, -0.15) is 4.98 Å². The standard InChI is InChI=1S/C15H9N3O2/c16-15-17-7-10-13(19)12-9-4-2-1-3-8(9)5-6-11(12)20-14(10)18-15/h1-7H,(H2,16,17,18). The maximum atomic E-state index is 12.6. The molecule has 0 aliphatic carbocycles. The molecule has 0 spiro atoms. The van der Waals surface area contributed by atoms with Crippen LogP contribution in [0.2, 0.25) is 0 Å². The summed E-state index contributed by atoms with van der Waals surface area (Å²) in [7, 11) is 0. The maximum Gasteiger partial charge on any atom is 0.235 e. The van der Waals surface area contributed by atoms with E-state index in [0.717, 1.165) is 10.8 Å². The lowest BCUT2D eigenvalue weighted by Crippen LogP contribution is -2.06. The van der Waals surface area contributed by atoms with E-state index in [1.165, 1.54) is 6.20 Å². The van der Waals surface area contributed by atoms with Crippen molar-refractivity contribution < 1.29 is 4.42 Å². The van der Waals surface area contributed by atoms with Crippen LogP contribution in [0.15, 0.2) is 51.8 Å². The average Bonchev–Trinajstić information content (AvgIpc) is 2.46. The van der Waals surface area contributed by atoms with Crippen LogP contribution < -0.4 is 11.2 Å². The van der Waals surface area contributed by atoms with E-state index >= 15 is 0 Å². The van der Waals surface area contributed by atoms with Crippen LogP contribution in [0.25, 0.3) is 32.8 Å². The van der Waals surface area contributed by atoms with Crippen molar-refractivity contribution in [2.45, 2.75) is 0 Å². The zero-order valence-electron chi connectivity index (χ0n) is 10.3. The Morgan fingerprint density at radius 3 is 2.80 bits per heavy atom. The van der Waals surface area contributed by atoms with Crippen LogP contribution in [-0.2, 0) is 0 Å². The summed E-state index contributed by atoms with van der Waals surface area (Å²) < 4.78 is 5.68. The second-order valence-electron chi connectivity index (χ2n) is 4.54. The van der Waals surface area contributed by atoms with Crippen molar-refractivity contribution in [3.05, 3.63) is 52.8 Å². The number of anilines is 1. The fraction of sp³-hybridized carbons (Fsp3) is 0. The van der Waals surface area contributed by atoms with Crippen molar-refractivity contribution >= 4 is 38.8 Å². The number of benzene rings is 2. The summed E-state index contributed by atoms with van der Waals surface area (Å²) in [4.78, 5) is 20.5. The number of nitrogens with two attached hydrogens (primary N) is 1. The molecule has 96 valence electrons. The van der Waals surface area contributed by atoms with Gasteiger partial charge in [-0.15, -0.1) is 0 Å². The van der Waals surface area contributed by atoms with Crippen molar-refractivity contribution in [1.82, 2.24) is 9.97 Å². The number of nitrogens with zero attached hydrogens (tertiary/aromatic N) is 2. The first kappa shape index (κ1) is 10.9. The molecule has 0 atom stereocenters. The molecular formula is C15H9N3O2. The van der Waals surface area contributed by atoms with Gasteiger partial charge in [0, 0.05) is 6.20 Å². The van der Waals surface area contributed by atoms with Crippen LogP contribution in [0.5, 0.6) is 0 Å². The van der Waals surface area contributed by atoms with Gasteiger partial charge < -0.3 is 10.2 Å². The number of hydrogen-bond acceptors (Lipinski definition) is 5. The number of aromatic nitrogens is 2. The van der Waals surface area contributed by atoms with E-state index in [9.17, 15) is 4.79 Å². The number of rotatable bonds is 0. The Balaban J connectivity index is 2.33. The van der Waals surface area contributed by atoms with Crippen LogP contribution in [0, 0.1) is 0 Å². The topological polar surface area (TPSA) is 82.0 Å². The molecule has 0 aliphatic heterocycles. The van der Waals surface area contributed by atoms with Crippen molar-refractivity contribution in [3.63, 3.8) is 0 Å². The molecule has 0 radical (unpaired) electrons. The van der Waals surface area contributed by atoms with Gasteiger partial charge in [0.15, 0.2) is 0 Å². The van der Waals surface area contributed by atoms with Crippen LogP contribution in [0.1, 0.15) is 0 Å². The van der Waals surface area contributed by atoms with Crippen LogP contribution in [-0.4, -0.2) is 9.97 Å². The first-order valence-corrected chi connectivity index (χ1v) is 6.11. The van der Waals surface area contributed by atoms with Gasteiger partial charge in [0.25, 0.3) is 0 Å². The van der Waals surface area contributed by atoms with Gasteiger partial charge in [0.1, 0.15) is 11.0 Å². The van der Waals surface area contributed by atoms with Crippen molar-refractivity contribution in [2.75, 3.05) is 5.73 Å². The number of fused-ring (bicyclic) bond motifs is 4. The highest BCUT2D eigenvalue weighted by molar-refractivity contribution is 6.07. The molecule has 2 aromatic heterocycles. The molecular weight excluding hydrogens is 254 g/mol. The Bertz CT molecular complexity index is 1040. The smallest absolute Gasteiger partial charge is 0.235 e. The van der Waals surface area contributed by atoms with E-state index in [2.05, 4.69) is 9.97 Å². The first-order valence-electron chi connectivity index (χ1n) is 6.11. The van der Waals surface area contributed by atoms with E-state index in [-0.39, 0.29) is 17.1 Å². The summed E-state index contributed by atoms with van der Waals surface area (Å²) in [5.74, 6) is 0.0841. The van der Waals surface area contributed by atoms with Gasteiger partial charge in [-0.25, -0.2) is 4.98 Å². The minimum atomic E-state index is -0.141. The Morgan fingerprint density at radius 1 is 1.05 bits per heavy atom. The molecule has 0 fully saturated rings. The number of hydrogen-bond donors (Lipinski definition) is 1. The van der Waals surface area contributed by atoms with E-state index < -0.39 is 0 Å². The van der Waals surface area contributed by atoms with Gasteiger partial charge in [-0.1, -0.05) is 30.3 Å². The molecule has 4 aromatic rings. The third-order valence-corrected chi connectivity index (χ3v) is 3.34. The van der Waals surface area contributed by atoms with E-state index in [1.807, 2.05) is 30.3 Å². The summed E-state index contributed by atoms with van der Waals surface area (Å²) in [5.41, 5.74) is 6.10. The average molecular weight is 263 g/mol. The number of nitrogen functional groups attached to an aromatic ring is 1. The highest BCUT2D eigenvalue weighted by Gasteiger charge is 2.12. The lowest BCUT2D eigenvalue weighted by atomic mass is 10.1. The molecule has 0 amide bonds. The van der Waals surface area contributed by atoms with Gasteiger partial charge >= 0.3 is 0 Å². The molecule has 4 rings (SSSR count). The Labute approximate surface area is 112 Å². The molecule has 2 aromatic carbocycles. The highest BCUT2D eigenvalue weighted by atomic mass is 16.3.